The van der Waals surface area contributed by atoms with Crippen LogP contribution in [0.4, 0.5) is 0 Å². The summed E-state index contributed by atoms with van der Waals surface area (Å²) in [7, 11) is 1.40. The van der Waals surface area contributed by atoms with E-state index in [1.54, 1.807) is 0 Å². The van der Waals surface area contributed by atoms with Crippen LogP contribution in [-0.2, 0) is 14.3 Å². The predicted molar refractivity (Wildman–Crippen MR) is 69.1 cm³/mol. The molecule has 1 aliphatic rings. The van der Waals surface area contributed by atoms with Crippen LogP contribution in [-0.4, -0.2) is 49.1 Å². The fourth-order valence-electron chi connectivity index (χ4n) is 2.19. The lowest BCUT2D eigenvalue weighted by molar-refractivity contribution is -0.148. The molecule has 0 radical (unpaired) electrons. The Bertz CT molecular complexity index is 294. The maximum absolute atomic E-state index is 11.8. The Morgan fingerprint density at radius 2 is 2.17 bits per heavy atom. The normalized spacial score (nSPS) is 22.3. The van der Waals surface area contributed by atoms with E-state index in [0.29, 0.717) is 0 Å². The van der Waals surface area contributed by atoms with Gasteiger partial charge in [-0.25, -0.2) is 0 Å². The van der Waals surface area contributed by atoms with Crippen LogP contribution >= 0.6 is 0 Å². The fourth-order valence-corrected chi connectivity index (χ4v) is 2.19. The minimum absolute atomic E-state index is 0.0137. The van der Waals surface area contributed by atoms with Crippen molar-refractivity contribution in [3.8, 4) is 0 Å². The first-order valence-electron chi connectivity index (χ1n) is 6.69. The second-order valence-corrected chi connectivity index (χ2v) is 4.88. The molecular formula is C13H24N2O3. The minimum Gasteiger partial charge on any atom is -0.468 e. The lowest BCUT2D eigenvalue weighted by Gasteiger charge is -2.33. The average Bonchev–Trinajstić information content (AvgIpc) is 2.38. The Morgan fingerprint density at radius 3 is 2.78 bits per heavy atom. The van der Waals surface area contributed by atoms with Crippen LogP contribution in [0.15, 0.2) is 0 Å². The summed E-state index contributed by atoms with van der Waals surface area (Å²) >= 11 is 0. The molecule has 1 saturated heterocycles. The van der Waals surface area contributed by atoms with Crippen LogP contribution in [0.25, 0.3) is 0 Å². The van der Waals surface area contributed by atoms with Crippen LogP contribution in [0.2, 0.25) is 0 Å². The molecule has 1 aliphatic heterocycles. The number of carbonyl (C=O) groups is 2. The molecule has 0 aromatic heterocycles. The molecule has 1 heterocycles. The van der Waals surface area contributed by atoms with Gasteiger partial charge in [-0.05, 0) is 32.7 Å². The van der Waals surface area contributed by atoms with Gasteiger partial charge >= 0.3 is 5.97 Å². The smallest absolute Gasteiger partial charge is 0.323 e. The molecule has 1 amide bonds. The van der Waals surface area contributed by atoms with E-state index in [1.807, 2.05) is 18.7 Å². The summed E-state index contributed by atoms with van der Waals surface area (Å²) in [6, 6.07) is -0.0784. The van der Waals surface area contributed by atoms with Gasteiger partial charge in [0.1, 0.15) is 6.04 Å². The molecule has 1 rings (SSSR count). The first-order chi connectivity index (χ1) is 8.58. The van der Waals surface area contributed by atoms with Crippen molar-refractivity contribution < 1.29 is 14.3 Å². The van der Waals surface area contributed by atoms with E-state index in [9.17, 15) is 9.59 Å². The Labute approximate surface area is 109 Å². The number of methoxy groups -OCH3 is 1. The molecule has 0 unspecified atom stereocenters. The van der Waals surface area contributed by atoms with Crippen LogP contribution in [0.3, 0.4) is 0 Å². The molecule has 0 spiro atoms. The third-order valence-corrected chi connectivity index (χ3v) is 3.45. The van der Waals surface area contributed by atoms with Crippen molar-refractivity contribution in [1.82, 2.24) is 10.2 Å². The Hall–Kier alpha value is -1.10. The molecule has 1 N–H and O–H groups in total. The molecule has 2 atom stereocenters. The Morgan fingerprint density at radius 1 is 1.44 bits per heavy atom. The number of nitrogens with zero attached hydrogens (tertiary/aromatic N) is 1. The van der Waals surface area contributed by atoms with Crippen molar-refractivity contribution in [3.63, 3.8) is 0 Å². The van der Waals surface area contributed by atoms with Crippen LogP contribution < -0.4 is 5.32 Å². The first kappa shape index (κ1) is 15.0. The zero-order valence-corrected chi connectivity index (χ0v) is 11.6. The minimum atomic E-state index is -0.258. The van der Waals surface area contributed by atoms with Crippen molar-refractivity contribution in [2.45, 2.75) is 51.6 Å². The summed E-state index contributed by atoms with van der Waals surface area (Å²) in [5, 5.41) is 2.92. The molecule has 18 heavy (non-hydrogen) atoms. The molecule has 0 aromatic rings. The summed E-state index contributed by atoms with van der Waals surface area (Å²) < 4.78 is 4.79. The third kappa shape index (κ3) is 4.29. The number of esters is 1. The highest BCUT2D eigenvalue weighted by Gasteiger charge is 2.30. The van der Waals surface area contributed by atoms with Crippen LogP contribution in [0.1, 0.15) is 39.5 Å². The monoisotopic (exact) mass is 256 g/mol. The number of hydrogen-bond donors (Lipinski definition) is 1. The van der Waals surface area contributed by atoms with Gasteiger partial charge in [0, 0.05) is 6.04 Å². The molecule has 5 heteroatoms. The topological polar surface area (TPSA) is 58.6 Å². The molecule has 0 bridgehead atoms. The molecule has 0 aliphatic carbocycles. The van der Waals surface area contributed by atoms with Gasteiger partial charge in [-0.15, -0.1) is 0 Å². The SMILES string of the molecule is CC[C@H](C)NC(=O)CN1CCCC[C@H]1C(=O)OC. The van der Waals surface area contributed by atoms with E-state index in [1.165, 1.54) is 7.11 Å². The average molecular weight is 256 g/mol. The summed E-state index contributed by atoms with van der Waals surface area (Å²) in [6.07, 6.45) is 3.74. The maximum Gasteiger partial charge on any atom is 0.323 e. The lowest BCUT2D eigenvalue weighted by Crippen LogP contribution is -2.50. The van der Waals surface area contributed by atoms with Gasteiger partial charge in [-0.2, -0.15) is 0 Å². The second kappa shape index (κ2) is 7.36. The second-order valence-electron chi connectivity index (χ2n) is 4.88. The van der Waals surface area contributed by atoms with Gasteiger partial charge in [0.2, 0.25) is 5.91 Å². The molecule has 5 nitrogen and oxygen atoms in total. The zero-order valence-electron chi connectivity index (χ0n) is 11.6. The highest BCUT2D eigenvalue weighted by atomic mass is 16.5. The van der Waals surface area contributed by atoms with Gasteiger partial charge in [0.05, 0.1) is 13.7 Å². The Balaban J connectivity index is 2.51. The highest BCUT2D eigenvalue weighted by Crippen LogP contribution is 2.17. The van der Waals surface area contributed by atoms with Crippen molar-refractivity contribution >= 4 is 11.9 Å². The van der Waals surface area contributed by atoms with Gasteiger partial charge in [0.15, 0.2) is 0 Å². The molecule has 0 aromatic carbocycles. The summed E-state index contributed by atoms with van der Waals surface area (Å²) in [5.74, 6) is -0.244. The van der Waals surface area contributed by atoms with E-state index in [-0.39, 0.29) is 30.5 Å². The number of carbonyl (C=O) groups excluding carboxylic acids is 2. The first-order valence-corrected chi connectivity index (χ1v) is 6.69. The molecule has 1 fully saturated rings. The van der Waals surface area contributed by atoms with Gasteiger partial charge in [-0.3, -0.25) is 14.5 Å². The van der Waals surface area contributed by atoms with Crippen molar-refractivity contribution in [2.75, 3.05) is 20.2 Å². The van der Waals surface area contributed by atoms with E-state index in [0.717, 1.165) is 32.2 Å². The maximum atomic E-state index is 11.8. The van der Waals surface area contributed by atoms with Crippen molar-refractivity contribution in [3.05, 3.63) is 0 Å². The van der Waals surface area contributed by atoms with Crippen LogP contribution in [0, 0.1) is 0 Å². The lowest BCUT2D eigenvalue weighted by atomic mass is 10.0. The molecule has 0 saturated carbocycles. The van der Waals surface area contributed by atoms with E-state index in [4.69, 9.17) is 4.74 Å². The predicted octanol–water partition coefficient (Wildman–Crippen LogP) is 0.929. The van der Waals surface area contributed by atoms with Gasteiger partial charge < -0.3 is 10.1 Å². The number of piperidine rings is 1. The number of hydrogen-bond acceptors (Lipinski definition) is 4. The summed E-state index contributed by atoms with van der Waals surface area (Å²) in [6.45, 7) is 5.08. The van der Waals surface area contributed by atoms with Gasteiger partial charge in [-0.1, -0.05) is 13.3 Å². The van der Waals surface area contributed by atoms with E-state index in [2.05, 4.69) is 5.32 Å². The van der Waals surface area contributed by atoms with Crippen LogP contribution in [0.5, 0.6) is 0 Å². The molecular weight excluding hydrogens is 232 g/mol. The number of likely N-dealkylation sites (tertiary alicyclic amines) is 1. The Kier molecular flexibility index (Phi) is 6.12. The third-order valence-electron chi connectivity index (χ3n) is 3.45. The molecule has 104 valence electrons. The number of ether oxygens (including phenoxy) is 1. The number of rotatable bonds is 5. The van der Waals surface area contributed by atoms with E-state index >= 15 is 0 Å². The highest BCUT2D eigenvalue weighted by molar-refractivity contribution is 5.80. The number of amides is 1. The van der Waals surface area contributed by atoms with Gasteiger partial charge in [0.25, 0.3) is 0 Å². The quantitative estimate of drug-likeness (QED) is 0.743. The largest absolute Gasteiger partial charge is 0.468 e. The van der Waals surface area contributed by atoms with E-state index < -0.39 is 0 Å². The zero-order chi connectivity index (χ0) is 13.5. The standard InChI is InChI=1S/C13H24N2O3/c1-4-10(2)14-12(16)9-15-8-6-5-7-11(15)13(17)18-3/h10-11H,4-9H2,1-3H3,(H,14,16)/t10-,11-/m0/s1. The number of nitrogens with one attached hydrogen (secondary N) is 1. The van der Waals surface area contributed by atoms with Crippen molar-refractivity contribution in [1.29, 1.82) is 0 Å². The summed E-state index contributed by atoms with van der Waals surface area (Å²) in [4.78, 5) is 25.4. The fraction of sp³-hybridized carbons (Fsp3) is 0.846. The summed E-state index contributed by atoms with van der Waals surface area (Å²) in [5.41, 5.74) is 0. The van der Waals surface area contributed by atoms with Crippen molar-refractivity contribution in [2.24, 2.45) is 0 Å².